The Morgan fingerprint density at radius 1 is 1.29 bits per heavy atom. The molecule has 0 fully saturated rings. The summed E-state index contributed by atoms with van der Waals surface area (Å²) in [6.07, 6.45) is 6.85. The number of hydrogen-bond donors (Lipinski definition) is 0. The molecule has 0 aliphatic heterocycles. The standard InChI is InChI=1S/C11H12N4O2/c1-8(2)15-6-10(5-14-15)17-11-12-3-9(7-16)4-13-11/h3-8H,1-2H3. The molecule has 0 aliphatic carbocycles. The van der Waals surface area contributed by atoms with Crippen LogP contribution in [0.3, 0.4) is 0 Å². The SMILES string of the molecule is CC(C)n1cc(Oc2ncc(C=O)cn2)cn1. The molecule has 2 heterocycles. The zero-order valence-electron chi connectivity index (χ0n) is 9.57. The lowest BCUT2D eigenvalue weighted by Crippen LogP contribution is -1.99. The summed E-state index contributed by atoms with van der Waals surface area (Å²) in [7, 11) is 0. The summed E-state index contributed by atoms with van der Waals surface area (Å²) >= 11 is 0. The number of rotatable bonds is 4. The van der Waals surface area contributed by atoms with Gasteiger partial charge in [0.15, 0.2) is 12.0 Å². The van der Waals surface area contributed by atoms with E-state index in [-0.39, 0.29) is 12.1 Å². The van der Waals surface area contributed by atoms with Crippen LogP contribution >= 0.6 is 0 Å². The minimum atomic E-state index is 0.193. The molecule has 0 saturated heterocycles. The third kappa shape index (κ3) is 2.66. The van der Waals surface area contributed by atoms with Crippen molar-refractivity contribution in [1.82, 2.24) is 19.7 Å². The van der Waals surface area contributed by atoms with Crippen LogP contribution in [0, 0.1) is 0 Å². The van der Waals surface area contributed by atoms with Crippen molar-refractivity contribution in [2.45, 2.75) is 19.9 Å². The average molecular weight is 232 g/mol. The van der Waals surface area contributed by atoms with Gasteiger partial charge in [0, 0.05) is 18.4 Å². The second-order valence-corrected chi connectivity index (χ2v) is 3.77. The van der Waals surface area contributed by atoms with Crippen LogP contribution in [0.5, 0.6) is 11.8 Å². The van der Waals surface area contributed by atoms with Gasteiger partial charge in [-0.1, -0.05) is 0 Å². The molecule has 0 unspecified atom stereocenters. The van der Waals surface area contributed by atoms with Gasteiger partial charge < -0.3 is 4.74 Å². The molecule has 0 bridgehead atoms. The van der Waals surface area contributed by atoms with Crippen molar-refractivity contribution in [3.8, 4) is 11.8 Å². The van der Waals surface area contributed by atoms with Crippen molar-refractivity contribution in [1.29, 1.82) is 0 Å². The lowest BCUT2D eigenvalue weighted by molar-refractivity contribution is 0.112. The highest BCUT2D eigenvalue weighted by Crippen LogP contribution is 2.17. The van der Waals surface area contributed by atoms with Gasteiger partial charge >= 0.3 is 6.01 Å². The van der Waals surface area contributed by atoms with Gasteiger partial charge in [-0.05, 0) is 13.8 Å². The molecule has 0 atom stereocenters. The largest absolute Gasteiger partial charge is 0.421 e. The second kappa shape index (κ2) is 4.73. The van der Waals surface area contributed by atoms with Crippen molar-refractivity contribution in [3.05, 3.63) is 30.4 Å². The monoisotopic (exact) mass is 232 g/mol. The fraction of sp³-hybridized carbons (Fsp3) is 0.273. The van der Waals surface area contributed by atoms with Gasteiger partial charge in [0.1, 0.15) is 0 Å². The lowest BCUT2D eigenvalue weighted by Gasteiger charge is -2.03. The summed E-state index contributed by atoms with van der Waals surface area (Å²) in [5, 5.41) is 4.13. The van der Waals surface area contributed by atoms with Crippen LogP contribution < -0.4 is 4.74 Å². The first-order valence-electron chi connectivity index (χ1n) is 5.18. The van der Waals surface area contributed by atoms with Crippen molar-refractivity contribution in [3.63, 3.8) is 0 Å². The van der Waals surface area contributed by atoms with Crippen LogP contribution in [0.15, 0.2) is 24.8 Å². The Morgan fingerprint density at radius 2 is 2.00 bits per heavy atom. The van der Waals surface area contributed by atoms with Gasteiger partial charge in [-0.2, -0.15) is 5.10 Å². The number of aldehydes is 1. The molecule has 17 heavy (non-hydrogen) atoms. The number of nitrogens with zero attached hydrogens (tertiary/aromatic N) is 4. The highest BCUT2D eigenvalue weighted by molar-refractivity contribution is 5.73. The summed E-state index contributed by atoms with van der Waals surface area (Å²) < 4.78 is 7.16. The number of aromatic nitrogens is 4. The van der Waals surface area contributed by atoms with Gasteiger partial charge in [-0.3, -0.25) is 9.48 Å². The topological polar surface area (TPSA) is 69.9 Å². The average Bonchev–Trinajstić information content (AvgIpc) is 2.79. The van der Waals surface area contributed by atoms with E-state index >= 15 is 0 Å². The molecule has 0 radical (unpaired) electrons. The molecular weight excluding hydrogens is 220 g/mol. The van der Waals surface area contributed by atoms with Crippen LogP contribution in [0.2, 0.25) is 0 Å². The van der Waals surface area contributed by atoms with Crippen LogP contribution in [0.1, 0.15) is 30.2 Å². The summed E-state index contributed by atoms with van der Waals surface area (Å²) in [4.78, 5) is 18.2. The first-order valence-corrected chi connectivity index (χ1v) is 5.18. The van der Waals surface area contributed by atoms with Gasteiger partial charge in [-0.25, -0.2) is 9.97 Å². The molecule has 0 amide bonds. The van der Waals surface area contributed by atoms with Gasteiger partial charge in [-0.15, -0.1) is 0 Å². The Labute approximate surface area is 98.3 Å². The van der Waals surface area contributed by atoms with E-state index in [1.165, 1.54) is 12.4 Å². The predicted octanol–water partition coefficient (Wildman–Crippen LogP) is 1.86. The smallest absolute Gasteiger partial charge is 0.322 e. The summed E-state index contributed by atoms with van der Waals surface area (Å²) in [5.74, 6) is 0.567. The second-order valence-electron chi connectivity index (χ2n) is 3.77. The van der Waals surface area contributed by atoms with Crippen LogP contribution in [-0.4, -0.2) is 26.0 Å². The quantitative estimate of drug-likeness (QED) is 0.752. The van der Waals surface area contributed by atoms with E-state index in [0.717, 1.165) is 0 Å². The summed E-state index contributed by atoms with van der Waals surface area (Å²) in [5.41, 5.74) is 0.412. The molecule has 0 spiro atoms. The highest BCUT2D eigenvalue weighted by atomic mass is 16.5. The molecule has 0 aromatic carbocycles. The van der Waals surface area contributed by atoms with E-state index in [1.807, 2.05) is 13.8 Å². The Balaban J connectivity index is 2.10. The maximum absolute atomic E-state index is 10.4. The molecule has 2 aromatic rings. The lowest BCUT2D eigenvalue weighted by atomic mass is 10.4. The Kier molecular flexibility index (Phi) is 3.13. The maximum Gasteiger partial charge on any atom is 0.322 e. The number of carbonyl (C=O) groups is 1. The van der Waals surface area contributed by atoms with Crippen molar-refractivity contribution in [2.75, 3.05) is 0 Å². The molecule has 88 valence electrons. The van der Waals surface area contributed by atoms with E-state index in [2.05, 4.69) is 15.1 Å². The minimum absolute atomic E-state index is 0.193. The molecule has 0 saturated carbocycles. The molecule has 0 N–H and O–H groups in total. The third-order valence-corrected chi connectivity index (χ3v) is 2.10. The van der Waals surface area contributed by atoms with E-state index in [1.54, 1.807) is 17.1 Å². The molecule has 0 aliphatic rings. The number of hydrogen-bond acceptors (Lipinski definition) is 5. The Morgan fingerprint density at radius 3 is 2.53 bits per heavy atom. The minimum Gasteiger partial charge on any atom is -0.421 e. The molecule has 6 nitrogen and oxygen atoms in total. The van der Waals surface area contributed by atoms with E-state index < -0.39 is 0 Å². The van der Waals surface area contributed by atoms with Gasteiger partial charge in [0.25, 0.3) is 0 Å². The van der Waals surface area contributed by atoms with Crippen LogP contribution in [0.4, 0.5) is 0 Å². The summed E-state index contributed by atoms with van der Waals surface area (Å²) in [6.45, 7) is 4.04. The van der Waals surface area contributed by atoms with E-state index in [4.69, 9.17) is 4.74 Å². The third-order valence-electron chi connectivity index (χ3n) is 2.10. The van der Waals surface area contributed by atoms with Crippen LogP contribution in [-0.2, 0) is 0 Å². The first-order chi connectivity index (χ1) is 8.19. The normalized spacial score (nSPS) is 10.5. The molecule has 6 heteroatoms. The highest BCUT2D eigenvalue weighted by Gasteiger charge is 2.05. The van der Waals surface area contributed by atoms with Gasteiger partial charge in [0.2, 0.25) is 0 Å². The van der Waals surface area contributed by atoms with E-state index in [0.29, 0.717) is 17.6 Å². The first kappa shape index (κ1) is 11.3. The fourth-order valence-electron chi connectivity index (χ4n) is 1.20. The van der Waals surface area contributed by atoms with Gasteiger partial charge in [0.05, 0.1) is 18.0 Å². The molecular formula is C11H12N4O2. The zero-order valence-corrected chi connectivity index (χ0v) is 9.57. The molecule has 2 aromatic heterocycles. The molecule has 2 rings (SSSR count). The van der Waals surface area contributed by atoms with Crippen molar-refractivity contribution < 1.29 is 9.53 Å². The van der Waals surface area contributed by atoms with Crippen molar-refractivity contribution in [2.24, 2.45) is 0 Å². The maximum atomic E-state index is 10.4. The summed E-state index contributed by atoms with van der Waals surface area (Å²) in [6, 6.07) is 0.463. The Bertz CT molecular complexity index is 504. The van der Waals surface area contributed by atoms with E-state index in [9.17, 15) is 4.79 Å². The zero-order chi connectivity index (χ0) is 12.3. The van der Waals surface area contributed by atoms with Crippen LogP contribution in [0.25, 0.3) is 0 Å². The van der Waals surface area contributed by atoms with Crippen molar-refractivity contribution >= 4 is 6.29 Å². The number of carbonyl (C=O) groups excluding carboxylic acids is 1. The number of ether oxygens (including phenoxy) is 1. The Hall–Kier alpha value is -2.24. The predicted molar refractivity (Wildman–Crippen MR) is 60.1 cm³/mol. The fourth-order valence-corrected chi connectivity index (χ4v) is 1.20.